The topological polar surface area (TPSA) is 79.3 Å². The first-order valence-corrected chi connectivity index (χ1v) is 13.2. The number of fused-ring (bicyclic) bond motifs is 1. The lowest BCUT2D eigenvalue weighted by atomic mass is 10.0. The van der Waals surface area contributed by atoms with Gasteiger partial charge in [-0.2, -0.15) is 4.39 Å². The molecular weight excluding hydrogens is 517 g/mol. The van der Waals surface area contributed by atoms with E-state index in [9.17, 15) is 14.0 Å². The van der Waals surface area contributed by atoms with Gasteiger partial charge >= 0.3 is 0 Å². The van der Waals surface area contributed by atoms with E-state index in [4.69, 9.17) is 11.6 Å². The number of thiol groups is 2. The average molecular weight is 531 g/mol. The van der Waals surface area contributed by atoms with Crippen molar-refractivity contribution in [3.05, 3.63) is 81.5 Å². The van der Waals surface area contributed by atoms with Crippen LogP contribution in [-0.4, -0.2) is 20.2 Å². The molecule has 13 heteroatoms. The van der Waals surface area contributed by atoms with E-state index in [1.165, 1.54) is 25.3 Å². The number of nitrogens with one attached hydrogen (secondary N) is 2. The molecule has 0 radical (unpaired) electrons. The third-order valence-corrected chi connectivity index (χ3v) is 8.10. The van der Waals surface area contributed by atoms with Gasteiger partial charge in [0, 0.05) is 18.7 Å². The lowest BCUT2D eigenvalue weighted by Crippen LogP contribution is -2.15. The first kappa shape index (κ1) is 23.6. The van der Waals surface area contributed by atoms with E-state index in [0.717, 1.165) is 28.9 Å². The fourth-order valence-corrected chi connectivity index (χ4v) is 6.04. The summed E-state index contributed by atoms with van der Waals surface area (Å²) in [6.45, 7) is 1.27. The van der Waals surface area contributed by atoms with Crippen LogP contribution >= 0.6 is 43.2 Å². The second-order valence-corrected chi connectivity index (χ2v) is 13.2. The summed E-state index contributed by atoms with van der Waals surface area (Å²) in [7, 11) is -2.75. The zero-order valence-electron chi connectivity index (χ0n) is 16.6. The number of carbonyl (C=O) groups is 1. The van der Waals surface area contributed by atoms with Crippen LogP contribution in [0.2, 0.25) is 5.02 Å². The molecule has 0 amide bonds. The largest absolute Gasteiger partial charge is 0.327 e. The van der Waals surface area contributed by atoms with E-state index in [2.05, 4.69) is 38.0 Å². The number of aromatic amines is 1. The Labute approximate surface area is 201 Å². The maximum absolute atomic E-state index is 15.4. The predicted molar refractivity (Wildman–Crippen MR) is 130 cm³/mol. The molecule has 1 aromatic carbocycles. The van der Waals surface area contributed by atoms with E-state index in [1.54, 1.807) is 0 Å². The van der Waals surface area contributed by atoms with Crippen LogP contribution in [0.25, 0.3) is 16.6 Å². The summed E-state index contributed by atoms with van der Waals surface area (Å²) in [5, 5.41) is 0.201. The van der Waals surface area contributed by atoms with Crippen LogP contribution in [0.3, 0.4) is 0 Å². The Kier molecular flexibility index (Phi) is 6.20. The maximum atomic E-state index is 15.4. The van der Waals surface area contributed by atoms with E-state index in [0.29, 0.717) is 0 Å². The molecule has 0 saturated carbocycles. The van der Waals surface area contributed by atoms with Crippen LogP contribution in [0, 0.1) is 17.6 Å². The van der Waals surface area contributed by atoms with Crippen molar-refractivity contribution >= 4 is 60.2 Å². The number of ketones is 1. The Bertz CT molecular complexity index is 1490. The van der Waals surface area contributed by atoms with Crippen LogP contribution in [0.1, 0.15) is 17.4 Å². The Morgan fingerprint density at radius 1 is 1.21 bits per heavy atom. The van der Waals surface area contributed by atoms with Crippen LogP contribution in [0.5, 0.6) is 0 Å². The zero-order valence-corrected chi connectivity index (χ0v) is 19.9. The highest BCUT2D eigenvalue weighted by molar-refractivity contribution is 9.18. The molecule has 6 nitrogen and oxygen atoms in total. The summed E-state index contributed by atoms with van der Waals surface area (Å²) in [5.41, 5.74) is -1.68. The average Bonchev–Trinajstić information content (AvgIpc) is 3.19. The predicted octanol–water partition coefficient (Wildman–Crippen LogP) is 5.84. The number of aromatic nitrogens is 3. The minimum absolute atomic E-state index is 0.0297. The standard InChI is InChI=1S/C20H14ClF3N4O2S3/c1-9(29)18-14-5-2-11(19(24)28(14)8-26-18)16-12(22)3-4-13(17(16)23)27-33(31,32)15-6-10(21)7-25-20(15)30/h2-8,27,31-32H,1H3,(H,25,30). The first-order chi connectivity index (χ1) is 15.5. The molecule has 4 aromatic rings. The number of hydrogen-bond acceptors (Lipinski definition) is 6. The molecule has 4 rings (SSSR count). The van der Waals surface area contributed by atoms with Gasteiger partial charge in [-0.25, -0.2) is 13.8 Å². The van der Waals surface area contributed by atoms with Gasteiger partial charge in [-0.1, -0.05) is 34.9 Å². The molecule has 3 aromatic heterocycles. The van der Waals surface area contributed by atoms with Crippen molar-refractivity contribution in [1.82, 2.24) is 14.4 Å². The number of Topliss-reactive ketones (excluding diaryl/α,β-unsaturated/α-hetero) is 1. The number of pyridine rings is 2. The molecular formula is C20H14ClF3N4O2S3. The van der Waals surface area contributed by atoms with E-state index >= 15 is 8.78 Å². The normalized spacial score (nSPS) is 12.2. The smallest absolute Gasteiger partial charge is 0.263 e. The summed E-state index contributed by atoms with van der Waals surface area (Å²) in [5.74, 6) is -3.54. The highest BCUT2D eigenvalue weighted by atomic mass is 35.5. The molecule has 0 aliphatic carbocycles. The molecule has 0 atom stereocenters. The van der Waals surface area contributed by atoms with Gasteiger partial charge in [0.05, 0.1) is 26.7 Å². The van der Waals surface area contributed by atoms with Gasteiger partial charge in [-0.05, 0) is 38.6 Å². The highest BCUT2D eigenvalue weighted by Crippen LogP contribution is 2.62. The first-order valence-electron chi connectivity index (χ1n) is 9.10. The van der Waals surface area contributed by atoms with Gasteiger partial charge in [0.2, 0.25) is 5.95 Å². The lowest BCUT2D eigenvalue weighted by molar-refractivity contribution is 0.101. The van der Waals surface area contributed by atoms with Crippen LogP contribution in [0.4, 0.5) is 18.9 Å². The summed E-state index contributed by atoms with van der Waals surface area (Å²) < 4.78 is 48.9. The maximum Gasteiger partial charge on any atom is 0.263 e. The second kappa shape index (κ2) is 8.67. The molecule has 0 unspecified atom stereocenters. The number of halogens is 4. The van der Waals surface area contributed by atoms with Crippen molar-refractivity contribution in [2.75, 3.05) is 4.72 Å². The molecule has 0 aliphatic heterocycles. The Hall–Kier alpha value is -2.54. The van der Waals surface area contributed by atoms with Gasteiger partial charge in [0.25, 0.3) is 5.56 Å². The second-order valence-electron chi connectivity index (χ2n) is 6.89. The van der Waals surface area contributed by atoms with Crippen molar-refractivity contribution in [1.29, 1.82) is 0 Å². The molecule has 0 spiro atoms. The van der Waals surface area contributed by atoms with Crippen LogP contribution in [-0.2, 0) is 0 Å². The third-order valence-electron chi connectivity index (χ3n) is 4.73. The Balaban J connectivity index is 1.83. The van der Waals surface area contributed by atoms with Crippen LogP contribution < -0.4 is 10.3 Å². The number of hydrogen-bond donors (Lipinski definition) is 4. The third kappa shape index (κ3) is 4.23. The minimum Gasteiger partial charge on any atom is -0.327 e. The molecule has 3 heterocycles. The van der Waals surface area contributed by atoms with Crippen molar-refractivity contribution in [2.45, 2.75) is 11.8 Å². The summed E-state index contributed by atoms with van der Waals surface area (Å²) in [6, 6.07) is 5.86. The molecule has 0 aliphatic rings. The Morgan fingerprint density at radius 2 is 1.94 bits per heavy atom. The van der Waals surface area contributed by atoms with E-state index in [-0.39, 0.29) is 32.6 Å². The summed E-state index contributed by atoms with van der Waals surface area (Å²) in [4.78, 5) is 30.2. The number of rotatable bonds is 5. The van der Waals surface area contributed by atoms with Crippen molar-refractivity contribution in [3.63, 3.8) is 0 Å². The van der Waals surface area contributed by atoms with E-state index in [1.807, 2.05) is 0 Å². The molecule has 0 bridgehead atoms. The van der Waals surface area contributed by atoms with Crippen molar-refractivity contribution < 1.29 is 18.0 Å². The minimum atomic E-state index is -2.75. The molecule has 172 valence electrons. The van der Waals surface area contributed by atoms with Gasteiger partial charge < -0.3 is 9.71 Å². The fraction of sp³-hybridized carbons (Fsp3) is 0.0500. The fourth-order valence-electron chi connectivity index (χ4n) is 3.23. The van der Waals surface area contributed by atoms with E-state index < -0.39 is 42.5 Å². The lowest BCUT2D eigenvalue weighted by Gasteiger charge is -2.30. The number of nitrogens with zero attached hydrogens (tertiary/aromatic N) is 2. The van der Waals surface area contributed by atoms with Gasteiger partial charge in [-0.15, -0.1) is 0 Å². The molecule has 0 saturated heterocycles. The van der Waals surface area contributed by atoms with Crippen molar-refractivity contribution in [2.24, 2.45) is 0 Å². The van der Waals surface area contributed by atoms with Gasteiger partial charge in [-0.3, -0.25) is 14.0 Å². The highest BCUT2D eigenvalue weighted by Gasteiger charge is 2.26. The number of benzene rings is 1. The monoisotopic (exact) mass is 530 g/mol. The van der Waals surface area contributed by atoms with Gasteiger partial charge in [0.1, 0.15) is 17.8 Å². The quantitative estimate of drug-likeness (QED) is 0.113. The number of carbonyl (C=O) groups excluding carboxylic acids is 1. The molecule has 0 fully saturated rings. The molecule has 2 N–H and O–H groups in total. The summed E-state index contributed by atoms with van der Waals surface area (Å²) >= 11 is 14.7. The van der Waals surface area contributed by atoms with Crippen LogP contribution in [0.15, 0.2) is 52.5 Å². The number of H-pyrrole nitrogens is 1. The number of anilines is 1. The van der Waals surface area contributed by atoms with Gasteiger partial charge in [0.15, 0.2) is 11.6 Å². The zero-order chi connectivity index (χ0) is 24.1. The summed E-state index contributed by atoms with van der Waals surface area (Å²) in [6.07, 6.45) is 2.33. The SMILES string of the molecule is CC(=O)c1ncn2c(F)c(-c3c(F)ccc(NS(S)(S)c4cc(Cl)c[nH]c4=O)c3F)ccc12. The van der Waals surface area contributed by atoms with Crippen molar-refractivity contribution in [3.8, 4) is 11.1 Å². The molecule has 33 heavy (non-hydrogen) atoms. The Morgan fingerprint density at radius 3 is 2.64 bits per heavy atom. The number of imidazole rings is 1.